The van der Waals surface area contributed by atoms with Crippen LogP contribution in [0.25, 0.3) is 10.1 Å². The maximum atomic E-state index is 6.24. The second kappa shape index (κ2) is 3.60. The van der Waals surface area contributed by atoms with Crippen LogP contribution in [0.3, 0.4) is 0 Å². The molecular weight excluding hydrogens is 268 g/mol. The zero-order chi connectivity index (χ0) is 9.42. The first-order chi connectivity index (χ1) is 6.22. The zero-order valence-corrected chi connectivity index (χ0v) is 10.3. The summed E-state index contributed by atoms with van der Waals surface area (Å²) in [5.41, 5.74) is 1.16. The van der Waals surface area contributed by atoms with Crippen molar-refractivity contribution in [3.8, 4) is 0 Å². The number of fused-ring (bicyclic) bond motifs is 1. The highest BCUT2D eigenvalue weighted by molar-refractivity contribution is 9.08. The van der Waals surface area contributed by atoms with Gasteiger partial charge in [0, 0.05) is 10.2 Å². The largest absolute Gasteiger partial charge is 0.139 e. The molecular formula is C10H8BrClS. The third-order valence-corrected chi connectivity index (χ3v) is 4.20. The Labute approximate surface area is 94.7 Å². The number of halogens is 2. The average Bonchev–Trinajstić information content (AvgIpc) is 2.47. The van der Waals surface area contributed by atoms with Crippen molar-refractivity contribution in [3.63, 3.8) is 0 Å². The normalized spacial score (nSPS) is 11.0. The summed E-state index contributed by atoms with van der Waals surface area (Å²) >= 11 is 11.4. The van der Waals surface area contributed by atoms with Crippen molar-refractivity contribution in [1.29, 1.82) is 0 Å². The van der Waals surface area contributed by atoms with Gasteiger partial charge < -0.3 is 0 Å². The van der Waals surface area contributed by atoms with Gasteiger partial charge in [0.1, 0.15) is 0 Å². The molecule has 0 unspecified atom stereocenters. The molecule has 2 rings (SSSR count). The average molecular weight is 276 g/mol. The third-order valence-electron chi connectivity index (χ3n) is 1.97. The fraction of sp³-hybridized carbons (Fsp3) is 0.200. The van der Waals surface area contributed by atoms with Crippen LogP contribution in [0.2, 0.25) is 5.02 Å². The lowest BCUT2D eigenvalue weighted by molar-refractivity contribution is 1.47. The molecule has 2 aromatic rings. The van der Waals surface area contributed by atoms with Gasteiger partial charge in [-0.3, -0.25) is 0 Å². The summed E-state index contributed by atoms with van der Waals surface area (Å²) < 4.78 is 1.20. The monoisotopic (exact) mass is 274 g/mol. The quantitative estimate of drug-likeness (QED) is 0.658. The Morgan fingerprint density at radius 2 is 2.23 bits per heavy atom. The van der Waals surface area contributed by atoms with Gasteiger partial charge in [0.25, 0.3) is 0 Å². The van der Waals surface area contributed by atoms with Crippen molar-refractivity contribution in [1.82, 2.24) is 0 Å². The summed E-state index contributed by atoms with van der Waals surface area (Å²) in [6.07, 6.45) is 0. The maximum Gasteiger partial charge on any atom is 0.0624 e. The molecule has 13 heavy (non-hydrogen) atoms. The molecule has 1 heterocycles. The lowest BCUT2D eigenvalue weighted by Gasteiger charge is -1.99. The van der Waals surface area contributed by atoms with Crippen molar-refractivity contribution in [2.24, 2.45) is 0 Å². The predicted molar refractivity (Wildman–Crippen MR) is 64.2 cm³/mol. The van der Waals surface area contributed by atoms with Crippen molar-refractivity contribution in [2.75, 3.05) is 0 Å². The number of aryl methyl sites for hydroxylation is 1. The van der Waals surface area contributed by atoms with Crippen LogP contribution >= 0.6 is 38.9 Å². The van der Waals surface area contributed by atoms with Crippen LogP contribution in [-0.4, -0.2) is 0 Å². The van der Waals surface area contributed by atoms with E-state index in [9.17, 15) is 0 Å². The summed E-state index contributed by atoms with van der Waals surface area (Å²) in [5, 5.41) is 2.96. The van der Waals surface area contributed by atoms with Crippen LogP contribution in [0.1, 0.15) is 10.4 Å². The minimum absolute atomic E-state index is 0.818. The van der Waals surface area contributed by atoms with Crippen molar-refractivity contribution >= 4 is 49.0 Å². The second-order valence-electron chi connectivity index (χ2n) is 2.95. The van der Waals surface area contributed by atoms with Crippen LogP contribution in [0.4, 0.5) is 0 Å². The summed E-state index contributed by atoms with van der Waals surface area (Å²) in [7, 11) is 0. The molecule has 0 aliphatic carbocycles. The van der Waals surface area contributed by atoms with E-state index in [0.29, 0.717) is 0 Å². The van der Waals surface area contributed by atoms with E-state index in [2.05, 4.69) is 41.1 Å². The number of alkyl halides is 1. The highest BCUT2D eigenvalue weighted by Gasteiger charge is 2.06. The van der Waals surface area contributed by atoms with Crippen LogP contribution in [0.15, 0.2) is 18.2 Å². The lowest BCUT2D eigenvalue weighted by atomic mass is 10.2. The molecule has 0 nitrogen and oxygen atoms in total. The van der Waals surface area contributed by atoms with E-state index < -0.39 is 0 Å². The topological polar surface area (TPSA) is 0 Å². The summed E-state index contributed by atoms with van der Waals surface area (Å²) in [6, 6.07) is 6.37. The summed E-state index contributed by atoms with van der Waals surface area (Å²) in [5.74, 6) is 0. The molecule has 3 heteroatoms. The number of hydrogen-bond donors (Lipinski definition) is 0. The lowest BCUT2D eigenvalue weighted by Crippen LogP contribution is -1.78. The molecule has 0 aliphatic heterocycles. The Kier molecular flexibility index (Phi) is 2.63. The fourth-order valence-corrected chi connectivity index (χ4v) is 3.30. The van der Waals surface area contributed by atoms with Crippen LogP contribution in [0, 0.1) is 6.92 Å². The maximum absolute atomic E-state index is 6.24. The zero-order valence-electron chi connectivity index (χ0n) is 7.10. The molecule has 68 valence electrons. The van der Waals surface area contributed by atoms with Gasteiger partial charge in [0.15, 0.2) is 0 Å². The Bertz CT molecular complexity index is 447. The molecule has 0 radical (unpaired) electrons. The van der Waals surface area contributed by atoms with Crippen molar-refractivity contribution < 1.29 is 0 Å². The van der Waals surface area contributed by atoms with E-state index in [4.69, 9.17) is 11.6 Å². The SMILES string of the molecule is Cc1cc2ccc(CBr)c(Cl)c2s1. The molecule has 0 bridgehead atoms. The van der Waals surface area contributed by atoms with Gasteiger partial charge in [0.05, 0.1) is 9.72 Å². The molecule has 0 saturated carbocycles. The molecule has 0 N–H and O–H groups in total. The molecule has 0 aliphatic rings. The second-order valence-corrected chi connectivity index (χ2v) is 5.14. The van der Waals surface area contributed by atoms with Gasteiger partial charge in [-0.1, -0.05) is 39.7 Å². The molecule has 0 atom stereocenters. The molecule has 1 aromatic carbocycles. The Hall–Kier alpha value is -0.0500. The van der Waals surface area contributed by atoms with Gasteiger partial charge in [-0.05, 0) is 23.9 Å². The highest BCUT2D eigenvalue weighted by atomic mass is 79.9. The smallest absolute Gasteiger partial charge is 0.0624 e. The van der Waals surface area contributed by atoms with Crippen LogP contribution in [-0.2, 0) is 5.33 Å². The summed E-state index contributed by atoms with van der Waals surface area (Å²) in [6.45, 7) is 2.11. The van der Waals surface area contributed by atoms with Crippen molar-refractivity contribution in [3.05, 3.63) is 33.7 Å². The van der Waals surface area contributed by atoms with Gasteiger partial charge in [0.2, 0.25) is 0 Å². The van der Waals surface area contributed by atoms with Crippen LogP contribution < -0.4 is 0 Å². The predicted octanol–water partition coefficient (Wildman–Crippen LogP) is 4.76. The first kappa shape index (κ1) is 9.50. The number of rotatable bonds is 1. The van der Waals surface area contributed by atoms with E-state index in [1.807, 2.05) is 0 Å². The number of hydrogen-bond acceptors (Lipinski definition) is 1. The number of benzene rings is 1. The Morgan fingerprint density at radius 3 is 2.92 bits per heavy atom. The third kappa shape index (κ3) is 1.63. The molecule has 0 fully saturated rings. The Morgan fingerprint density at radius 1 is 1.46 bits per heavy atom. The van der Waals surface area contributed by atoms with Crippen LogP contribution in [0.5, 0.6) is 0 Å². The van der Waals surface area contributed by atoms with Crippen molar-refractivity contribution in [2.45, 2.75) is 12.3 Å². The molecule has 0 amide bonds. The first-order valence-corrected chi connectivity index (χ1v) is 6.27. The van der Waals surface area contributed by atoms with Gasteiger partial charge in [-0.25, -0.2) is 0 Å². The van der Waals surface area contributed by atoms with E-state index in [-0.39, 0.29) is 0 Å². The van der Waals surface area contributed by atoms with E-state index in [1.165, 1.54) is 15.0 Å². The molecule has 0 spiro atoms. The minimum Gasteiger partial charge on any atom is -0.139 e. The number of thiophene rings is 1. The van der Waals surface area contributed by atoms with E-state index >= 15 is 0 Å². The van der Waals surface area contributed by atoms with Gasteiger partial charge >= 0.3 is 0 Å². The Balaban J connectivity index is 2.78. The molecule has 1 aromatic heterocycles. The minimum atomic E-state index is 0.818. The summed E-state index contributed by atoms with van der Waals surface area (Å²) in [4.78, 5) is 1.31. The van der Waals surface area contributed by atoms with E-state index in [0.717, 1.165) is 15.9 Å². The van der Waals surface area contributed by atoms with Gasteiger partial charge in [-0.2, -0.15) is 0 Å². The first-order valence-electron chi connectivity index (χ1n) is 3.96. The fourth-order valence-electron chi connectivity index (χ4n) is 1.34. The highest BCUT2D eigenvalue weighted by Crippen LogP contribution is 2.34. The van der Waals surface area contributed by atoms with E-state index in [1.54, 1.807) is 11.3 Å². The molecule has 0 saturated heterocycles. The standard InChI is InChI=1S/C10H8BrClS/c1-6-4-7-2-3-8(5-11)9(12)10(7)13-6/h2-4H,5H2,1H3. The van der Waals surface area contributed by atoms with Gasteiger partial charge in [-0.15, -0.1) is 11.3 Å².